The third-order valence-electron chi connectivity index (χ3n) is 4.23. The molecule has 0 saturated carbocycles. The van der Waals surface area contributed by atoms with E-state index in [4.69, 9.17) is 0 Å². The number of aromatic nitrogens is 2. The van der Waals surface area contributed by atoms with Gasteiger partial charge in [0.2, 0.25) is 5.95 Å². The summed E-state index contributed by atoms with van der Waals surface area (Å²) in [5.74, 6) is -1.94. The van der Waals surface area contributed by atoms with Crippen LogP contribution in [0.3, 0.4) is 0 Å². The molecule has 2 aromatic rings. The molecule has 0 fully saturated rings. The minimum absolute atomic E-state index is 0.119. The highest BCUT2D eigenvalue weighted by Crippen LogP contribution is 2.20. The number of para-hydroxylation sites is 1. The van der Waals surface area contributed by atoms with Gasteiger partial charge in [0.1, 0.15) is 17.3 Å². The smallest absolute Gasteiger partial charge is 0.258 e. The highest BCUT2D eigenvalue weighted by Gasteiger charge is 2.14. The van der Waals surface area contributed by atoms with Crippen molar-refractivity contribution in [3.8, 4) is 0 Å². The Bertz CT molecular complexity index is 785. The van der Waals surface area contributed by atoms with E-state index in [0.717, 1.165) is 37.9 Å². The van der Waals surface area contributed by atoms with Gasteiger partial charge in [-0.2, -0.15) is 0 Å². The molecule has 0 saturated heterocycles. The molecule has 0 spiro atoms. The molecule has 1 aromatic heterocycles. The van der Waals surface area contributed by atoms with Crippen LogP contribution in [-0.4, -0.2) is 22.4 Å². The van der Waals surface area contributed by atoms with E-state index < -0.39 is 23.2 Å². The maximum absolute atomic E-state index is 13.6. The lowest BCUT2D eigenvalue weighted by Gasteiger charge is -2.13. The van der Waals surface area contributed by atoms with Gasteiger partial charge in [-0.1, -0.05) is 17.7 Å². The molecule has 26 heavy (non-hydrogen) atoms. The summed E-state index contributed by atoms with van der Waals surface area (Å²) >= 11 is 0. The third-order valence-corrected chi connectivity index (χ3v) is 4.23. The number of rotatable bonds is 6. The summed E-state index contributed by atoms with van der Waals surface area (Å²) in [7, 11) is 0. The summed E-state index contributed by atoms with van der Waals surface area (Å²) in [6.45, 7) is 0.720. The molecular formula is C19H20F2N4O. The van der Waals surface area contributed by atoms with Crippen LogP contribution in [0.15, 0.2) is 42.2 Å². The van der Waals surface area contributed by atoms with Crippen molar-refractivity contribution in [2.75, 3.05) is 17.2 Å². The predicted octanol–water partition coefficient (Wildman–Crippen LogP) is 4.31. The topological polar surface area (TPSA) is 66.9 Å². The lowest BCUT2D eigenvalue weighted by molar-refractivity contribution is 0.102. The lowest BCUT2D eigenvalue weighted by atomic mass is 9.97. The number of allylic oxidation sites excluding steroid dienone is 1. The molecule has 0 aliphatic heterocycles. The van der Waals surface area contributed by atoms with Crippen molar-refractivity contribution in [2.24, 2.45) is 0 Å². The van der Waals surface area contributed by atoms with Crippen molar-refractivity contribution < 1.29 is 13.6 Å². The molecule has 0 unspecified atom stereocenters. The summed E-state index contributed by atoms with van der Waals surface area (Å²) in [5.41, 5.74) is 1.08. The Balaban J connectivity index is 1.55. The number of benzene rings is 1. The van der Waals surface area contributed by atoms with E-state index in [1.54, 1.807) is 0 Å². The molecule has 0 radical (unpaired) electrons. The fourth-order valence-electron chi connectivity index (χ4n) is 2.81. The van der Waals surface area contributed by atoms with Crippen molar-refractivity contribution in [2.45, 2.75) is 32.1 Å². The van der Waals surface area contributed by atoms with Crippen molar-refractivity contribution in [1.82, 2.24) is 9.97 Å². The molecule has 3 rings (SSSR count). The van der Waals surface area contributed by atoms with Gasteiger partial charge in [0, 0.05) is 18.9 Å². The van der Waals surface area contributed by atoms with E-state index in [2.05, 4.69) is 26.7 Å². The first-order valence-electron chi connectivity index (χ1n) is 8.62. The average Bonchev–Trinajstić information content (AvgIpc) is 2.66. The Hall–Kier alpha value is -2.83. The van der Waals surface area contributed by atoms with Crippen LogP contribution in [0.5, 0.6) is 0 Å². The Morgan fingerprint density at radius 3 is 2.50 bits per heavy atom. The Morgan fingerprint density at radius 2 is 1.85 bits per heavy atom. The summed E-state index contributed by atoms with van der Waals surface area (Å²) in [5, 5.41) is 5.31. The number of carbonyl (C=O) groups excluding carboxylic acids is 1. The third kappa shape index (κ3) is 4.62. The maximum atomic E-state index is 13.6. The number of anilines is 2. The Kier molecular flexibility index (Phi) is 5.88. The van der Waals surface area contributed by atoms with E-state index in [1.807, 2.05) is 0 Å². The molecule has 1 aliphatic rings. The van der Waals surface area contributed by atoms with E-state index in [9.17, 15) is 13.6 Å². The van der Waals surface area contributed by atoms with Crippen LogP contribution >= 0.6 is 0 Å². The van der Waals surface area contributed by atoms with Crippen LogP contribution in [0.25, 0.3) is 0 Å². The van der Waals surface area contributed by atoms with Crippen LogP contribution in [-0.2, 0) is 0 Å². The predicted molar refractivity (Wildman–Crippen MR) is 96.0 cm³/mol. The van der Waals surface area contributed by atoms with Gasteiger partial charge < -0.3 is 10.6 Å². The van der Waals surface area contributed by atoms with E-state index >= 15 is 0 Å². The molecule has 7 heteroatoms. The second-order valence-electron chi connectivity index (χ2n) is 6.13. The molecule has 1 aliphatic carbocycles. The molecule has 5 nitrogen and oxygen atoms in total. The number of hydrogen-bond donors (Lipinski definition) is 2. The van der Waals surface area contributed by atoms with Gasteiger partial charge in [-0.3, -0.25) is 4.79 Å². The zero-order chi connectivity index (χ0) is 18.4. The monoisotopic (exact) mass is 358 g/mol. The van der Waals surface area contributed by atoms with Gasteiger partial charge in [0.15, 0.2) is 0 Å². The number of nitrogens with zero attached hydrogens (tertiary/aromatic N) is 2. The van der Waals surface area contributed by atoms with Gasteiger partial charge in [-0.05, 0) is 44.2 Å². The fourth-order valence-corrected chi connectivity index (χ4v) is 2.81. The summed E-state index contributed by atoms with van der Waals surface area (Å²) in [6.07, 6.45) is 10.7. The Labute approximate surface area is 150 Å². The van der Waals surface area contributed by atoms with Crippen molar-refractivity contribution in [1.29, 1.82) is 0 Å². The minimum atomic E-state index is -0.838. The van der Waals surface area contributed by atoms with Gasteiger partial charge >= 0.3 is 0 Å². The van der Waals surface area contributed by atoms with Crippen molar-refractivity contribution in [3.63, 3.8) is 0 Å². The molecule has 1 amide bonds. The normalized spacial score (nSPS) is 13.8. The molecule has 136 valence electrons. The summed E-state index contributed by atoms with van der Waals surface area (Å²) < 4.78 is 27.2. The second-order valence-corrected chi connectivity index (χ2v) is 6.13. The number of halogens is 2. The second kappa shape index (κ2) is 8.51. The quantitative estimate of drug-likeness (QED) is 0.755. The maximum Gasteiger partial charge on any atom is 0.258 e. The number of nitrogens with one attached hydrogen (secondary N) is 2. The SMILES string of the molecule is O=C(Nc1c(F)cccc1F)c1cnc(NCCC2=CCCCC2)nc1. The van der Waals surface area contributed by atoms with Crippen LogP contribution in [0.4, 0.5) is 20.4 Å². The molecule has 1 heterocycles. The standard InChI is InChI=1S/C19H20F2N4O/c20-15-7-4-8-16(21)17(15)25-18(26)14-11-23-19(24-12-14)22-10-9-13-5-2-1-3-6-13/h4-5,7-8,11-12H,1-3,6,9-10H2,(H,25,26)(H,22,23,24). The first-order valence-corrected chi connectivity index (χ1v) is 8.62. The number of amides is 1. The van der Waals surface area contributed by atoms with Crippen LogP contribution in [0.2, 0.25) is 0 Å². The molecule has 2 N–H and O–H groups in total. The zero-order valence-electron chi connectivity index (χ0n) is 14.3. The highest BCUT2D eigenvalue weighted by atomic mass is 19.1. The molecule has 1 aromatic carbocycles. The van der Waals surface area contributed by atoms with Crippen molar-refractivity contribution in [3.05, 3.63) is 59.4 Å². The fraction of sp³-hybridized carbons (Fsp3) is 0.316. The summed E-state index contributed by atoms with van der Waals surface area (Å²) in [6, 6.07) is 3.38. The molecule has 0 atom stereocenters. The zero-order valence-corrected chi connectivity index (χ0v) is 14.3. The van der Waals surface area contributed by atoms with E-state index in [0.29, 0.717) is 5.95 Å². The first kappa shape index (κ1) is 18.0. The van der Waals surface area contributed by atoms with E-state index in [-0.39, 0.29) is 5.56 Å². The molecule has 0 bridgehead atoms. The Morgan fingerprint density at radius 1 is 1.12 bits per heavy atom. The van der Waals surface area contributed by atoms with Gasteiger partial charge in [-0.15, -0.1) is 0 Å². The minimum Gasteiger partial charge on any atom is -0.354 e. The first-order chi connectivity index (χ1) is 12.6. The molecular weight excluding hydrogens is 338 g/mol. The number of carbonyl (C=O) groups is 1. The van der Waals surface area contributed by atoms with E-state index in [1.165, 1.54) is 36.9 Å². The van der Waals surface area contributed by atoms with Crippen molar-refractivity contribution >= 4 is 17.5 Å². The van der Waals surface area contributed by atoms with Crippen LogP contribution < -0.4 is 10.6 Å². The van der Waals surface area contributed by atoms with Crippen LogP contribution in [0, 0.1) is 11.6 Å². The number of hydrogen-bond acceptors (Lipinski definition) is 4. The summed E-state index contributed by atoms with van der Waals surface area (Å²) in [4.78, 5) is 20.3. The average molecular weight is 358 g/mol. The lowest BCUT2D eigenvalue weighted by Crippen LogP contribution is -2.15. The van der Waals surface area contributed by atoms with Gasteiger partial charge in [0.05, 0.1) is 5.56 Å². The highest BCUT2D eigenvalue weighted by molar-refractivity contribution is 6.04. The largest absolute Gasteiger partial charge is 0.354 e. The van der Waals surface area contributed by atoms with Gasteiger partial charge in [-0.25, -0.2) is 18.7 Å². The van der Waals surface area contributed by atoms with Crippen LogP contribution in [0.1, 0.15) is 42.5 Å². The van der Waals surface area contributed by atoms with Gasteiger partial charge in [0.25, 0.3) is 5.91 Å².